The largest absolute Gasteiger partial charge is 0.490 e. The maximum Gasteiger partial charge on any atom is 0.286 e. The lowest BCUT2D eigenvalue weighted by molar-refractivity contribution is 0.0132. The minimum atomic E-state index is -3.64. The Balaban J connectivity index is 1.32. The van der Waals surface area contributed by atoms with E-state index in [0.29, 0.717) is 50.0 Å². The number of fused-ring (bicyclic) bond motifs is 4. The molecule has 0 saturated heterocycles. The molecule has 278 valence electrons. The number of hydrogen-bond acceptors (Lipinski definition) is 8. The first-order valence-electron chi connectivity index (χ1n) is 18.3. The first-order chi connectivity index (χ1) is 25.1. The maximum atomic E-state index is 14.9. The summed E-state index contributed by atoms with van der Waals surface area (Å²) in [6.45, 7) is 3.87. The minimum absolute atomic E-state index is 0.0688. The lowest BCUT2D eigenvalue weighted by Crippen LogP contribution is -2.49. The first kappa shape index (κ1) is 36.5. The number of nitrogens with one attached hydrogen (secondary N) is 1. The van der Waals surface area contributed by atoms with E-state index < -0.39 is 27.0 Å². The van der Waals surface area contributed by atoms with Crippen molar-refractivity contribution in [1.82, 2.24) is 14.5 Å². The lowest BCUT2D eigenvalue weighted by atomic mass is 9.68. The second-order valence-corrected chi connectivity index (χ2v) is 17.3. The summed E-state index contributed by atoms with van der Waals surface area (Å²) in [5, 5.41) is 4.29. The van der Waals surface area contributed by atoms with E-state index in [2.05, 4.69) is 43.4 Å². The number of rotatable bonds is 5. The Hall–Kier alpha value is -3.87. The van der Waals surface area contributed by atoms with Gasteiger partial charge in [-0.1, -0.05) is 36.7 Å². The third-order valence-electron chi connectivity index (χ3n) is 11.5. The Morgan fingerprint density at radius 3 is 2.77 bits per heavy atom. The normalized spacial score (nSPS) is 29.4. The average Bonchev–Trinajstić information content (AvgIpc) is 3.44. The van der Waals surface area contributed by atoms with Crippen LogP contribution in [0.15, 0.2) is 59.1 Å². The molecule has 6 atom stereocenters. The summed E-state index contributed by atoms with van der Waals surface area (Å²) in [5.41, 5.74) is 3.45. The number of amides is 2. The smallest absolute Gasteiger partial charge is 0.286 e. The van der Waals surface area contributed by atoms with Crippen LogP contribution in [-0.4, -0.2) is 71.1 Å². The second kappa shape index (κ2) is 14.9. The summed E-state index contributed by atoms with van der Waals surface area (Å²) in [5.74, 6) is 0.153. The monoisotopic (exact) mass is 749 g/mol. The van der Waals surface area contributed by atoms with Gasteiger partial charge >= 0.3 is 0 Å². The van der Waals surface area contributed by atoms with Crippen molar-refractivity contribution < 1.29 is 28.0 Å². The van der Waals surface area contributed by atoms with Gasteiger partial charge in [0.2, 0.25) is 5.88 Å². The first-order valence-corrected chi connectivity index (χ1v) is 20.2. The van der Waals surface area contributed by atoms with Gasteiger partial charge < -0.3 is 19.1 Å². The second-order valence-electron chi connectivity index (χ2n) is 14.6. The van der Waals surface area contributed by atoms with Gasteiger partial charge in [0.25, 0.3) is 11.8 Å². The van der Waals surface area contributed by atoms with Gasteiger partial charge in [-0.05, 0) is 105 Å². The summed E-state index contributed by atoms with van der Waals surface area (Å²) in [4.78, 5) is 30.2. The van der Waals surface area contributed by atoms with Gasteiger partial charge in [0.15, 0.2) is 0 Å². The van der Waals surface area contributed by atoms with Gasteiger partial charge in [-0.3, -0.25) is 19.0 Å². The van der Waals surface area contributed by atoms with Gasteiger partial charge in [0.1, 0.15) is 21.2 Å². The number of carbonyl (C=O) groups excluding carboxylic acids is 2. The number of allylic oxidation sites excluding steroid dienone is 1. The van der Waals surface area contributed by atoms with Crippen LogP contribution in [0, 0.1) is 11.8 Å². The van der Waals surface area contributed by atoms with Gasteiger partial charge in [-0.2, -0.15) is 0 Å². The highest BCUT2D eigenvalue weighted by atomic mass is 35.5. The zero-order valence-electron chi connectivity index (χ0n) is 30.3. The van der Waals surface area contributed by atoms with E-state index in [4.69, 9.17) is 25.8 Å². The molecule has 11 nitrogen and oxygen atoms in total. The number of aromatic nitrogens is 2. The molecule has 3 heterocycles. The van der Waals surface area contributed by atoms with Crippen LogP contribution in [0.3, 0.4) is 0 Å². The van der Waals surface area contributed by atoms with E-state index in [9.17, 15) is 13.8 Å². The number of benzene rings is 2. The minimum Gasteiger partial charge on any atom is -0.490 e. The Labute approximate surface area is 311 Å². The lowest BCUT2D eigenvalue weighted by Gasteiger charge is -2.46. The van der Waals surface area contributed by atoms with E-state index in [1.165, 1.54) is 29.1 Å². The molecule has 2 aromatic carbocycles. The quantitative estimate of drug-likeness (QED) is 0.287. The summed E-state index contributed by atoms with van der Waals surface area (Å²) in [6, 6.07) is 11.6. The number of nitrogens with zero attached hydrogens (tertiary/aromatic N) is 4. The van der Waals surface area contributed by atoms with E-state index in [0.717, 1.165) is 49.4 Å². The molecule has 2 bridgehead atoms. The van der Waals surface area contributed by atoms with Gasteiger partial charge in [-0.25, -0.2) is 4.21 Å². The Kier molecular flexibility index (Phi) is 10.4. The highest BCUT2D eigenvalue weighted by Crippen LogP contribution is 2.47. The molecular weight excluding hydrogens is 702 g/mol. The molecule has 1 N–H and O–H groups in total. The topological polar surface area (TPSA) is 124 Å². The highest BCUT2D eigenvalue weighted by molar-refractivity contribution is 7.93. The number of methoxy groups -OCH3 is 2. The van der Waals surface area contributed by atoms with Crippen LogP contribution in [-0.2, 0) is 33.5 Å². The van der Waals surface area contributed by atoms with E-state index in [1.54, 1.807) is 20.2 Å². The molecule has 4 aliphatic rings. The summed E-state index contributed by atoms with van der Waals surface area (Å²) in [6.07, 6.45) is 12.2. The molecule has 13 heteroatoms. The molecule has 1 aromatic heterocycles. The fourth-order valence-electron chi connectivity index (χ4n) is 8.60. The summed E-state index contributed by atoms with van der Waals surface area (Å²) >= 11 is 6.46. The highest BCUT2D eigenvalue weighted by Gasteiger charge is 2.44. The van der Waals surface area contributed by atoms with Crippen molar-refractivity contribution in [3.8, 4) is 11.6 Å². The van der Waals surface area contributed by atoms with E-state index in [1.807, 2.05) is 25.1 Å². The van der Waals surface area contributed by atoms with Crippen LogP contribution >= 0.6 is 11.6 Å². The average molecular weight is 750 g/mol. The molecular formula is C39H48ClN5O6S. The number of carbonyl (C=O) groups is 2. The third-order valence-corrected chi connectivity index (χ3v) is 14.1. The van der Waals surface area contributed by atoms with Crippen LogP contribution in [0.1, 0.15) is 83.7 Å². The van der Waals surface area contributed by atoms with Crippen molar-refractivity contribution >= 4 is 39.0 Å². The molecule has 1 spiro atoms. The van der Waals surface area contributed by atoms with Crippen molar-refractivity contribution in [3.05, 3.63) is 82.0 Å². The van der Waals surface area contributed by atoms with Crippen molar-refractivity contribution in [3.63, 3.8) is 0 Å². The Morgan fingerprint density at radius 2 is 2.02 bits per heavy atom. The molecule has 1 saturated carbocycles. The molecule has 1 fully saturated rings. The third kappa shape index (κ3) is 6.97. The zero-order chi connectivity index (χ0) is 36.6. The predicted octanol–water partition coefficient (Wildman–Crippen LogP) is 6.68. The predicted molar refractivity (Wildman–Crippen MR) is 202 cm³/mol. The Morgan fingerprint density at radius 1 is 1.17 bits per heavy atom. The van der Waals surface area contributed by atoms with Crippen molar-refractivity contribution in [2.24, 2.45) is 23.2 Å². The number of ether oxygens (including phenoxy) is 3. The fourth-order valence-corrected chi connectivity index (χ4v) is 10.8. The fraction of sp³-hybridized carbons (Fsp3) is 0.513. The van der Waals surface area contributed by atoms with Crippen LogP contribution in [0.25, 0.3) is 0 Å². The van der Waals surface area contributed by atoms with Crippen molar-refractivity contribution in [2.75, 3.05) is 38.8 Å². The molecule has 2 aliphatic carbocycles. The Bertz CT molecular complexity index is 2010. The molecule has 3 aromatic rings. The molecule has 2 amide bonds. The van der Waals surface area contributed by atoms with E-state index >= 15 is 0 Å². The van der Waals surface area contributed by atoms with Crippen LogP contribution in [0.4, 0.5) is 5.69 Å². The number of aryl methyl sites for hydroxylation is 2. The molecule has 7 rings (SSSR count). The van der Waals surface area contributed by atoms with Crippen LogP contribution < -0.4 is 19.1 Å². The van der Waals surface area contributed by atoms with Gasteiger partial charge in [-0.15, -0.1) is 9.46 Å². The molecule has 2 aliphatic heterocycles. The van der Waals surface area contributed by atoms with Gasteiger partial charge in [0, 0.05) is 49.4 Å². The van der Waals surface area contributed by atoms with Crippen LogP contribution in [0.2, 0.25) is 5.02 Å². The summed E-state index contributed by atoms with van der Waals surface area (Å²) < 4.78 is 41.4. The van der Waals surface area contributed by atoms with E-state index in [-0.39, 0.29) is 28.5 Å². The molecule has 1 unspecified atom stereocenters. The van der Waals surface area contributed by atoms with Crippen LogP contribution in [0.5, 0.6) is 11.6 Å². The molecule has 52 heavy (non-hydrogen) atoms. The standard InChI is InChI=1S/C39H48ClN5O6S/c1-5-29-10-6-7-11-34(49-3)30-15-12-27(30)21-45-23-39(18-8-9-25-19-28(40)14-16-32(25)39)24-51-35-17-13-26(20-33(35)45)36(46)42-52(29,48)43-37(47)31-22-44(2)41-38(31)50-4/h7,11,13-14,16-17,19-20,22,27,29-30,34H,5-6,8-10,12,15,18,21,23-24H2,1-4H3,(H,42,43,46,47,48)/b11-7+/t27-,29+,30+,34-,39-,52?/m0/s1. The van der Waals surface area contributed by atoms with Crippen molar-refractivity contribution in [2.45, 2.75) is 75.1 Å². The number of halogens is 1. The number of anilines is 1. The summed E-state index contributed by atoms with van der Waals surface area (Å²) in [7, 11) is 1.20. The number of hydrogen-bond donors (Lipinski definition) is 1. The molecule has 0 radical (unpaired) electrons. The van der Waals surface area contributed by atoms with Gasteiger partial charge in [0.05, 0.1) is 30.8 Å². The van der Waals surface area contributed by atoms with Crippen molar-refractivity contribution in [1.29, 1.82) is 0 Å². The SMILES string of the molecule is CC[C@@H]1CC/C=C/[C@H](OC)[C@@H]2CC[C@H]2CN2C[C@@]3(CCCc4cc(Cl)ccc43)COc3ccc(cc32)C(=O)N=S1(=O)NC(=O)c1cn(C)nc1OC. The zero-order valence-corrected chi connectivity index (χ0v) is 31.9. The maximum absolute atomic E-state index is 14.9.